The number of rotatable bonds is 11. The molecule has 307 valence electrons. The maximum Gasteiger partial charge on any atom is 0.256 e. The molecule has 3 aliphatic rings. The molecule has 5 rings (SSSR count). The first-order valence-corrected chi connectivity index (χ1v) is 18.5. The van der Waals surface area contributed by atoms with Crippen molar-refractivity contribution >= 4 is 47.0 Å². The van der Waals surface area contributed by atoms with Crippen molar-refractivity contribution in [1.82, 2.24) is 29.9 Å². The Morgan fingerprint density at radius 1 is 0.660 bits per heavy atom. The Morgan fingerprint density at radius 2 is 0.981 bits per heavy atom. The third-order valence-electron chi connectivity index (χ3n) is 7.76. The average molecular weight is 831 g/mol. The Bertz CT molecular complexity index is 1090. The van der Waals surface area contributed by atoms with Gasteiger partial charge < -0.3 is 37.5 Å². The van der Waals surface area contributed by atoms with Gasteiger partial charge in [-0.1, -0.05) is 27.7 Å². The minimum Gasteiger partial charge on any atom is -0.381 e. The van der Waals surface area contributed by atoms with Crippen LogP contribution < -0.4 is 26.5 Å². The second-order valence-electron chi connectivity index (χ2n) is 11.7. The Balaban J connectivity index is 0. The number of nitrogens with one attached hydrogen (secondary N) is 2. The maximum absolute atomic E-state index is 5.52. The van der Waals surface area contributed by atoms with Gasteiger partial charge in [-0.05, 0) is 86.0 Å². The summed E-state index contributed by atoms with van der Waals surface area (Å²) in [6.07, 6.45) is 7.85. The molecule has 2 aromatic rings. The predicted molar refractivity (Wildman–Crippen MR) is 211 cm³/mol. The summed E-state index contributed by atoms with van der Waals surface area (Å²) >= 11 is 11.0. The molecule has 19 heteroatoms. The van der Waals surface area contributed by atoms with Gasteiger partial charge in [0, 0.05) is 85.4 Å². The minimum atomic E-state index is 0. The number of nitrogens with two attached hydrogens (primary N) is 1. The van der Waals surface area contributed by atoms with Crippen LogP contribution >= 0.6 is 23.2 Å². The Hall–Kier alpha value is -1.86. The first-order chi connectivity index (χ1) is 24.7. The third kappa shape index (κ3) is 23.6. The molecule has 4 N–H and O–H groups in total. The van der Waals surface area contributed by atoms with Gasteiger partial charge in [0.05, 0.1) is 14.2 Å². The van der Waals surface area contributed by atoms with Gasteiger partial charge in [-0.3, -0.25) is 9.68 Å². The smallest absolute Gasteiger partial charge is 0.256 e. The molecule has 3 saturated heterocycles. The van der Waals surface area contributed by atoms with Crippen LogP contribution in [0, 0.1) is 24.7 Å². The van der Waals surface area contributed by atoms with Gasteiger partial charge in [-0.15, -0.1) is 0 Å². The van der Waals surface area contributed by atoms with Gasteiger partial charge in [0.2, 0.25) is 22.5 Å². The van der Waals surface area contributed by atoms with Crippen molar-refractivity contribution in [2.24, 2.45) is 23.5 Å². The van der Waals surface area contributed by atoms with Crippen molar-refractivity contribution in [3.05, 3.63) is 17.5 Å². The molecule has 3 aliphatic heterocycles. The Morgan fingerprint density at radius 3 is 1.28 bits per heavy atom. The molecule has 0 aromatic carbocycles. The zero-order chi connectivity index (χ0) is 37.9. The number of hydroxylamine groups is 2. The van der Waals surface area contributed by atoms with Crippen LogP contribution in [0.3, 0.4) is 0 Å². The fraction of sp³-hybridized carbons (Fsp3) is 0.794. The molecule has 53 heavy (non-hydrogen) atoms. The summed E-state index contributed by atoms with van der Waals surface area (Å²) in [5.41, 5.74) is 5.45. The van der Waals surface area contributed by atoms with Crippen LogP contribution in [0.4, 0.5) is 23.8 Å². The molecular weight excluding hydrogens is 764 g/mol. The molecule has 0 amide bonds. The van der Waals surface area contributed by atoms with Crippen LogP contribution in [0.2, 0.25) is 10.6 Å². The van der Waals surface area contributed by atoms with E-state index in [4.69, 9.17) is 52.8 Å². The van der Waals surface area contributed by atoms with E-state index in [9.17, 15) is 0 Å². The van der Waals surface area contributed by atoms with Gasteiger partial charge in [0.25, 0.3) is 11.9 Å². The molecule has 0 unspecified atom stereocenters. The van der Waals surface area contributed by atoms with E-state index in [1.165, 1.54) is 23.7 Å². The maximum atomic E-state index is 5.52. The van der Waals surface area contributed by atoms with Crippen molar-refractivity contribution in [1.29, 1.82) is 0 Å². The molecule has 3 fully saturated rings. The molecule has 0 aliphatic carbocycles. The zero-order valence-electron chi connectivity index (χ0n) is 32.2. The van der Waals surface area contributed by atoms with Gasteiger partial charge in [0.15, 0.2) is 0 Å². The van der Waals surface area contributed by atoms with Crippen LogP contribution in [0.5, 0.6) is 0 Å². The molecule has 2 aromatic heterocycles. The van der Waals surface area contributed by atoms with E-state index in [0.717, 1.165) is 104 Å². The minimum absolute atomic E-state index is 0. The molecule has 5 heterocycles. The standard InChI is InChI=1S/C17H30N6O3.C6H13NO.C5H6Cl2N4O.C3H8.C2H5.CH4.V/c1-23(24-2)17-21-15(18-11-13-3-7-25-8-4-13)20-16(22-17)19-12-14-5-9-26-10-6-14;7-5-6-1-3-8-4-2-6;1-11(12-2)5-9-3(6)8-4(7)10-5;1-3-2;1-2;;/h13-14H,3-12H2,1-2H3,(H2,18,19,20,21,22);6H,1-5,7H2;1-2H3;3H2,1-2H3;1H2,2H3;1H4;/q;;;;-1;;. The largest absolute Gasteiger partial charge is 0.381 e. The number of hydrogen-bond donors (Lipinski definition) is 3. The Kier molecular flexibility index (Phi) is 33.6. The molecule has 0 spiro atoms. The quantitative estimate of drug-likeness (QED) is 0.178. The van der Waals surface area contributed by atoms with E-state index in [0.29, 0.717) is 29.7 Å². The van der Waals surface area contributed by atoms with Crippen molar-refractivity contribution < 1.29 is 42.4 Å². The van der Waals surface area contributed by atoms with Crippen molar-refractivity contribution in [3.63, 3.8) is 0 Å². The van der Waals surface area contributed by atoms with Gasteiger partial charge in [-0.2, -0.15) is 36.8 Å². The van der Waals surface area contributed by atoms with E-state index in [2.05, 4.69) is 61.3 Å². The molecule has 0 saturated carbocycles. The number of aromatic nitrogens is 6. The van der Waals surface area contributed by atoms with E-state index < -0.39 is 0 Å². The van der Waals surface area contributed by atoms with E-state index in [-0.39, 0.29) is 42.5 Å². The molecule has 16 nitrogen and oxygen atoms in total. The van der Waals surface area contributed by atoms with Crippen molar-refractivity contribution in [2.45, 2.75) is 73.1 Å². The number of nitrogens with zero attached hydrogens (tertiary/aromatic N) is 8. The number of ether oxygens (including phenoxy) is 3. The van der Waals surface area contributed by atoms with E-state index in [1.807, 2.05) is 0 Å². The summed E-state index contributed by atoms with van der Waals surface area (Å²) in [4.78, 5) is 34.6. The SMILES string of the molecule is C.CCC.CON(C)c1nc(Cl)nc(Cl)n1.CON(C)c1nc(NCC2CCOCC2)nc(NCC2CCOCC2)n1.NCC1CCOCC1.[CH2-]C.[V]. The first-order valence-electron chi connectivity index (χ1n) is 17.7. The van der Waals surface area contributed by atoms with Crippen LogP contribution in [0.25, 0.3) is 0 Å². The summed E-state index contributed by atoms with van der Waals surface area (Å²) in [7, 11) is 6.47. The topological polar surface area (TPSA) is 180 Å². The van der Waals surface area contributed by atoms with Crippen molar-refractivity contribution in [3.8, 4) is 0 Å². The van der Waals surface area contributed by atoms with Crippen LogP contribution in [-0.2, 0) is 42.4 Å². The van der Waals surface area contributed by atoms with Crippen LogP contribution in [-0.4, -0.2) is 117 Å². The number of hydrogen-bond acceptors (Lipinski definition) is 16. The predicted octanol–water partition coefficient (Wildman–Crippen LogP) is 5.98. The summed E-state index contributed by atoms with van der Waals surface area (Å²) in [5.74, 6) is 3.79. The van der Waals surface area contributed by atoms with Crippen LogP contribution in [0.1, 0.15) is 73.1 Å². The number of anilines is 4. The van der Waals surface area contributed by atoms with Crippen molar-refractivity contribution in [2.75, 3.05) is 108 Å². The summed E-state index contributed by atoms with van der Waals surface area (Å²) < 4.78 is 16.0. The average Bonchev–Trinajstić information content (AvgIpc) is 3.18. The third-order valence-corrected chi connectivity index (χ3v) is 8.10. The van der Waals surface area contributed by atoms with Gasteiger partial charge in [-0.25, -0.2) is 10.1 Å². The van der Waals surface area contributed by atoms with Gasteiger partial charge in [0.1, 0.15) is 0 Å². The summed E-state index contributed by atoms with van der Waals surface area (Å²) in [5, 5.41) is 9.62. The van der Waals surface area contributed by atoms with E-state index >= 15 is 0 Å². The summed E-state index contributed by atoms with van der Waals surface area (Å²) in [6.45, 7) is 16.9. The molecule has 1 radical (unpaired) electrons. The molecule has 0 atom stereocenters. The fourth-order valence-corrected chi connectivity index (χ4v) is 4.99. The Labute approximate surface area is 340 Å². The normalized spacial score (nSPS) is 15.8. The second kappa shape index (κ2) is 33.5. The molecule has 0 bridgehead atoms. The van der Waals surface area contributed by atoms with Crippen LogP contribution in [0.15, 0.2) is 0 Å². The fourth-order valence-electron chi connectivity index (χ4n) is 4.64. The molecular formula is C34H66Cl2N11O5V-. The first kappa shape index (κ1) is 53.2. The monoisotopic (exact) mass is 829 g/mol. The van der Waals surface area contributed by atoms with E-state index in [1.54, 1.807) is 28.1 Å². The van der Waals surface area contributed by atoms with Gasteiger partial charge >= 0.3 is 0 Å². The summed E-state index contributed by atoms with van der Waals surface area (Å²) in [6, 6.07) is 0. The number of halogens is 2. The second-order valence-corrected chi connectivity index (χ2v) is 12.4. The zero-order valence-corrected chi connectivity index (χ0v) is 35.1.